The topological polar surface area (TPSA) is 27.1 Å². The molecule has 1 aromatic rings. The maximum absolute atomic E-state index is 7.75. The van der Waals surface area contributed by atoms with Crippen molar-refractivity contribution in [3.8, 4) is 0 Å². The van der Waals surface area contributed by atoms with Crippen molar-refractivity contribution in [2.75, 3.05) is 6.54 Å². The predicted molar refractivity (Wildman–Crippen MR) is 58.5 cm³/mol. The predicted octanol–water partition coefficient (Wildman–Crippen LogP) is 2.57. The largest absolute Gasteiger partial charge is 0.356 e. The Kier molecular flexibility index (Phi) is 2.53. The Morgan fingerprint density at radius 2 is 2.14 bits per heavy atom. The number of hydrogen-bond donors (Lipinski definition) is 1. The average Bonchev–Trinajstić information content (AvgIpc) is 2.56. The van der Waals surface area contributed by atoms with Crippen LogP contribution in [-0.4, -0.2) is 17.3 Å². The molecule has 0 atom stereocenters. The van der Waals surface area contributed by atoms with Gasteiger partial charge in [0.15, 0.2) is 0 Å². The highest BCUT2D eigenvalue weighted by molar-refractivity contribution is 5.80. The van der Waals surface area contributed by atoms with Crippen LogP contribution in [0.5, 0.6) is 0 Å². The van der Waals surface area contributed by atoms with Gasteiger partial charge in [0.05, 0.1) is 5.84 Å². The lowest BCUT2D eigenvalue weighted by molar-refractivity contribution is 0.445. The van der Waals surface area contributed by atoms with Crippen molar-refractivity contribution >= 4 is 5.84 Å². The number of amidine groups is 1. The molecule has 1 aliphatic heterocycles. The summed E-state index contributed by atoms with van der Waals surface area (Å²) in [6.07, 6.45) is 2.09. The van der Waals surface area contributed by atoms with E-state index in [1.807, 2.05) is 0 Å². The standard InChI is InChI=1S/C12H16N2/c1-10-5-2-3-6-11(10)9-14-8-4-7-12(14)13/h2-3,5-6,13H,4,7-9H2,1H3. The molecule has 1 aliphatic rings. The number of benzene rings is 1. The third-order valence-corrected chi connectivity index (χ3v) is 2.85. The fraction of sp³-hybridized carbons (Fsp3) is 0.417. The van der Waals surface area contributed by atoms with Gasteiger partial charge in [-0.1, -0.05) is 24.3 Å². The normalized spacial score (nSPS) is 16.4. The summed E-state index contributed by atoms with van der Waals surface area (Å²) in [7, 11) is 0. The quantitative estimate of drug-likeness (QED) is 0.758. The van der Waals surface area contributed by atoms with E-state index in [1.165, 1.54) is 11.1 Å². The zero-order valence-corrected chi connectivity index (χ0v) is 8.59. The number of rotatable bonds is 2. The lowest BCUT2D eigenvalue weighted by atomic mass is 10.1. The number of likely N-dealkylation sites (tertiary alicyclic amines) is 1. The monoisotopic (exact) mass is 188 g/mol. The second-order valence-electron chi connectivity index (χ2n) is 3.90. The molecule has 0 saturated carbocycles. The average molecular weight is 188 g/mol. The highest BCUT2D eigenvalue weighted by Gasteiger charge is 2.16. The molecule has 0 aliphatic carbocycles. The first kappa shape index (κ1) is 9.25. The van der Waals surface area contributed by atoms with E-state index in [0.29, 0.717) is 0 Å². The molecule has 0 bridgehead atoms. The molecule has 1 heterocycles. The van der Waals surface area contributed by atoms with Crippen LogP contribution in [0.3, 0.4) is 0 Å². The fourth-order valence-electron chi connectivity index (χ4n) is 1.90. The molecule has 0 spiro atoms. The van der Waals surface area contributed by atoms with Gasteiger partial charge in [-0.15, -0.1) is 0 Å². The second kappa shape index (κ2) is 3.82. The Bertz CT molecular complexity index is 344. The highest BCUT2D eigenvalue weighted by atomic mass is 15.2. The molecular formula is C12H16N2. The number of nitrogens with one attached hydrogen (secondary N) is 1. The van der Waals surface area contributed by atoms with Crippen molar-refractivity contribution in [1.82, 2.24) is 4.90 Å². The molecule has 1 fully saturated rings. The minimum atomic E-state index is 0.799. The van der Waals surface area contributed by atoms with Gasteiger partial charge < -0.3 is 4.90 Å². The van der Waals surface area contributed by atoms with Gasteiger partial charge >= 0.3 is 0 Å². The lowest BCUT2D eigenvalue weighted by Crippen LogP contribution is -2.23. The minimum absolute atomic E-state index is 0.799. The van der Waals surface area contributed by atoms with Crippen molar-refractivity contribution in [2.45, 2.75) is 26.3 Å². The third-order valence-electron chi connectivity index (χ3n) is 2.85. The Labute approximate surface area is 85.1 Å². The van der Waals surface area contributed by atoms with E-state index in [9.17, 15) is 0 Å². The highest BCUT2D eigenvalue weighted by Crippen LogP contribution is 2.16. The third kappa shape index (κ3) is 1.79. The Morgan fingerprint density at radius 1 is 1.36 bits per heavy atom. The zero-order chi connectivity index (χ0) is 9.97. The van der Waals surface area contributed by atoms with Crippen LogP contribution in [0.15, 0.2) is 24.3 Å². The Balaban J connectivity index is 2.10. The SMILES string of the molecule is Cc1ccccc1CN1CCCC1=N. The van der Waals surface area contributed by atoms with Crippen LogP contribution < -0.4 is 0 Å². The second-order valence-corrected chi connectivity index (χ2v) is 3.90. The summed E-state index contributed by atoms with van der Waals surface area (Å²) in [5, 5.41) is 7.75. The first-order valence-corrected chi connectivity index (χ1v) is 5.14. The van der Waals surface area contributed by atoms with Gasteiger partial charge in [-0.3, -0.25) is 5.41 Å². The van der Waals surface area contributed by atoms with Crippen LogP contribution in [0, 0.1) is 12.3 Å². The van der Waals surface area contributed by atoms with Crippen LogP contribution in [0.25, 0.3) is 0 Å². The van der Waals surface area contributed by atoms with Crippen molar-refractivity contribution in [3.63, 3.8) is 0 Å². The molecule has 2 rings (SSSR count). The fourth-order valence-corrected chi connectivity index (χ4v) is 1.90. The maximum Gasteiger partial charge on any atom is 0.0961 e. The summed E-state index contributed by atoms with van der Waals surface area (Å²) in [5.74, 6) is 0.799. The van der Waals surface area contributed by atoms with Gasteiger partial charge in [0, 0.05) is 19.5 Å². The van der Waals surface area contributed by atoms with E-state index < -0.39 is 0 Å². The molecule has 0 radical (unpaired) electrons. The van der Waals surface area contributed by atoms with E-state index in [0.717, 1.165) is 31.8 Å². The van der Waals surface area contributed by atoms with Gasteiger partial charge in [-0.05, 0) is 24.5 Å². The molecule has 0 unspecified atom stereocenters. The Morgan fingerprint density at radius 3 is 2.79 bits per heavy atom. The van der Waals surface area contributed by atoms with Crippen LogP contribution in [0.2, 0.25) is 0 Å². The van der Waals surface area contributed by atoms with Gasteiger partial charge in [0.25, 0.3) is 0 Å². The van der Waals surface area contributed by atoms with E-state index in [4.69, 9.17) is 5.41 Å². The van der Waals surface area contributed by atoms with Gasteiger partial charge in [-0.25, -0.2) is 0 Å². The van der Waals surface area contributed by atoms with E-state index in [-0.39, 0.29) is 0 Å². The summed E-state index contributed by atoms with van der Waals surface area (Å²) >= 11 is 0. The van der Waals surface area contributed by atoms with E-state index in [1.54, 1.807) is 0 Å². The summed E-state index contributed by atoms with van der Waals surface area (Å²) in [6.45, 7) is 4.09. The molecule has 0 aromatic heterocycles. The first-order chi connectivity index (χ1) is 6.77. The molecule has 14 heavy (non-hydrogen) atoms. The molecule has 1 saturated heterocycles. The van der Waals surface area contributed by atoms with Crippen molar-refractivity contribution in [2.24, 2.45) is 0 Å². The number of aryl methyl sites for hydroxylation is 1. The van der Waals surface area contributed by atoms with Crippen LogP contribution >= 0.6 is 0 Å². The van der Waals surface area contributed by atoms with E-state index >= 15 is 0 Å². The first-order valence-electron chi connectivity index (χ1n) is 5.14. The lowest BCUT2D eigenvalue weighted by Gasteiger charge is -2.18. The molecule has 1 aromatic carbocycles. The van der Waals surface area contributed by atoms with Gasteiger partial charge in [0.1, 0.15) is 0 Å². The van der Waals surface area contributed by atoms with Gasteiger partial charge in [0.2, 0.25) is 0 Å². The van der Waals surface area contributed by atoms with Crippen LogP contribution in [0.4, 0.5) is 0 Å². The smallest absolute Gasteiger partial charge is 0.0961 e. The summed E-state index contributed by atoms with van der Waals surface area (Å²) in [5.41, 5.74) is 2.67. The molecule has 2 nitrogen and oxygen atoms in total. The molecule has 1 N–H and O–H groups in total. The van der Waals surface area contributed by atoms with Crippen molar-refractivity contribution in [1.29, 1.82) is 5.41 Å². The maximum atomic E-state index is 7.75. The number of nitrogens with zero attached hydrogens (tertiary/aromatic N) is 1. The minimum Gasteiger partial charge on any atom is -0.356 e. The Hall–Kier alpha value is -1.31. The summed E-state index contributed by atoms with van der Waals surface area (Å²) in [6, 6.07) is 8.42. The van der Waals surface area contributed by atoms with Crippen molar-refractivity contribution in [3.05, 3.63) is 35.4 Å². The van der Waals surface area contributed by atoms with Crippen molar-refractivity contribution < 1.29 is 0 Å². The zero-order valence-electron chi connectivity index (χ0n) is 8.59. The summed E-state index contributed by atoms with van der Waals surface area (Å²) in [4.78, 5) is 2.17. The molecule has 2 heteroatoms. The molecule has 0 amide bonds. The van der Waals surface area contributed by atoms with Gasteiger partial charge in [-0.2, -0.15) is 0 Å². The molecular weight excluding hydrogens is 172 g/mol. The molecule has 74 valence electrons. The number of hydrogen-bond acceptors (Lipinski definition) is 1. The van der Waals surface area contributed by atoms with Crippen LogP contribution in [0.1, 0.15) is 24.0 Å². The van der Waals surface area contributed by atoms with Crippen LogP contribution in [-0.2, 0) is 6.54 Å². The summed E-state index contributed by atoms with van der Waals surface area (Å²) < 4.78 is 0. The van der Waals surface area contributed by atoms with E-state index in [2.05, 4.69) is 36.1 Å².